The standard InChI is InChI=1S/C13H26.C7H14O2/c1-2-3-4-5-6-7-10-13-11-8-9-12-13;1-2-3-4-5-6-7(8)9/h13H,2-12H2,1H3;2-6H2,1H3,(H,8,9). The predicted octanol–water partition coefficient (Wildman–Crippen LogP) is 6.97. The van der Waals surface area contributed by atoms with Gasteiger partial charge in [-0.2, -0.15) is 0 Å². The van der Waals surface area contributed by atoms with Gasteiger partial charge in [-0.3, -0.25) is 4.79 Å². The van der Waals surface area contributed by atoms with E-state index in [1.165, 1.54) is 77.0 Å². The van der Waals surface area contributed by atoms with Crippen LogP contribution in [-0.2, 0) is 4.79 Å². The van der Waals surface area contributed by atoms with Gasteiger partial charge in [0, 0.05) is 6.42 Å². The Morgan fingerprint density at radius 3 is 1.86 bits per heavy atom. The highest BCUT2D eigenvalue weighted by Crippen LogP contribution is 2.29. The number of unbranched alkanes of at least 4 members (excludes halogenated alkanes) is 8. The van der Waals surface area contributed by atoms with Gasteiger partial charge in [0.1, 0.15) is 0 Å². The first-order valence-corrected chi connectivity index (χ1v) is 9.92. The Labute approximate surface area is 139 Å². The Bertz CT molecular complexity index is 232. The first-order valence-electron chi connectivity index (χ1n) is 9.92. The van der Waals surface area contributed by atoms with Gasteiger partial charge >= 0.3 is 5.97 Å². The Kier molecular flexibility index (Phi) is 16.4. The molecule has 0 spiro atoms. The maximum absolute atomic E-state index is 9.96. The molecule has 1 fully saturated rings. The summed E-state index contributed by atoms with van der Waals surface area (Å²) in [7, 11) is 0. The molecule has 0 heterocycles. The van der Waals surface area contributed by atoms with Crippen LogP contribution in [0.15, 0.2) is 0 Å². The smallest absolute Gasteiger partial charge is 0.303 e. The van der Waals surface area contributed by atoms with Gasteiger partial charge in [0.15, 0.2) is 0 Å². The molecule has 0 bridgehead atoms. The first kappa shape index (κ1) is 21.5. The van der Waals surface area contributed by atoms with Crippen molar-refractivity contribution in [1.29, 1.82) is 0 Å². The normalized spacial score (nSPS) is 14.6. The Morgan fingerprint density at radius 2 is 1.32 bits per heavy atom. The Hall–Kier alpha value is -0.530. The summed E-state index contributed by atoms with van der Waals surface area (Å²) in [5.74, 6) is 0.442. The van der Waals surface area contributed by atoms with E-state index >= 15 is 0 Å². The number of hydrogen-bond acceptors (Lipinski definition) is 1. The third kappa shape index (κ3) is 15.9. The van der Waals surface area contributed by atoms with E-state index < -0.39 is 5.97 Å². The van der Waals surface area contributed by atoms with Crippen LogP contribution in [0.25, 0.3) is 0 Å². The highest BCUT2D eigenvalue weighted by molar-refractivity contribution is 5.66. The van der Waals surface area contributed by atoms with E-state index in [2.05, 4.69) is 13.8 Å². The summed E-state index contributed by atoms with van der Waals surface area (Å²) in [6, 6.07) is 0. The van der Waals surface area contributed by atoms with E-state index in [1.54, 1.807) is 0 Å². The van der Waals surface area contributed by atoms with Crippen molar-refractivity contribution < 1.29 is 9.90 Å². The van der Waals surface area contributed by atoms with Crippen LogP contribution < -0.4 is 0 Å². The molecule has 0 atom stereocenters. The van der Waals surface area contributed by atoms with Crippen molar-refractivity contribution in [3.8, 4) is 0 Å². The first-order chi connectivity index (χ1) is 10.7. The number of carbonyl (C=O) groups is 1. The summed E-state index contributed by atoms with van der Waals surface area (Å²) in [6.45, 7) is 4.40. The number of rotatable bonds is 12. The lowest BCUT2D eigenvalue weighted by Crippen LogP contribution is -1.92. The van der Waals surface area contributed by atoms with Crippen molar-refractivity contribution >= 4 is 5.97 Å². The number of aliphatic carboxylic acids is 1. The van der Waals surface area contributed by atoms with Crippen molar-refractivity contribution in [2.24, 2.45) is 5.92 Å². The zero-order valence-electron chi connectivity index (χ0n) is 15.2. The van der Waals surface area contributed by atoms with E-state index in [-0.39, 0.29) is 0 Å². The maximum atomic E-state index is 9.96. The van der Waals surface area contributed by atoms with Crippen LogP contribution in [0.4, 0.5) is 0 Å². The molecule has 0 aromatic heterocycles. The summed E-state index contributed by atoms with van der Waals surface area (Å²) in [4.78, 5) is 9.96. The molecule has 1 aliphatic carbocycles. The quantitative estimate of drug-likeness (QED) is 0.395. The van der Waals surface area contributed by atoms with Crippen LogP contribution in [0.1, 0.15) is 117 Å². The molecule has 1 N–H and O–H groups in total. The van der Waals surface area contributed by atoms with E-state index in [4.69, 9.17) is 5.11 Å². The SMILES string of the molecule is CCCCCCC(=O)O.CCCCCCCCC1CCCC1. The fraction of sp³-hybridized carbons (Fsp3) is 0.950. The lowest BCUT2D eigenvalue weighted by atomic mass is 9.99. The summed E-state index contributed by atoms with van der Waals surface area (Å²) in [5.41, 5.74) is 0. The summed E-state index contributed by atoms with van der Waals surface area (Å²) in [5, 5.41) is 8.21. The molecule has 2 heteroatoms. The van der Waals surface area contributed by atoms with Gasteiger partial charge in [-0.25, -0.2) is 0 Å². The molecule has 0 amide bonds. The van der Waals surface area contributed by atoms with Gasteiger partial charge in [-0.05, 0) is 12.3 Å². The van der Waals surface area contributed by atoms with Crippen LogP contribution in [0.3, 0.4) is 0 Å². The molecule has 1 rings (SSSR count). The minimum atomic E-state index is -0.675. The third-order valence-electron chi connectivity index (χ3n) is 4.68. The highest BCUT2D eigenvalue weighted by atomic mass is 16.4. The van der Waals surface area contributed by atoms with Gasteiger partial charge in [0.25, 0.3) is 0 Å². The van der Waals surface area contributed by atoms with Gasteiger partial charge < -0.3 is 5.11 Å². The number of carboxylic acid groups (broad SMARTS) is 1. The van der Waals surface area contributed by atoms with Crippen LogP contribution in [-0.4, -0.2) is 11.1 Å². The largest absolute Gasteiger partial charge is 0.481 e. The molecular weight excluding hydrogens is 272 g/mol. The van der Waals surface area contributed by atoms with Gasteiger partial charge in [-0.1, -0.05) is 104 Å². The summed E-state index contributed by atoms with van der Waals surface area (Å²) in [6.07, 6.45) is 21.0. The second kappa shape index (κ2) is 16.8. The Morgan fingerprint density at radius 1 is 0.818 bits per heavy atom. The molecule has 0 aromatic rings. The topological polar surface area (TPSA) is 37.3 Å². The average molecular weight is 313 g/mol. The van der Waals surface area contributed by atoms with Crippen molar-refractivity contribution in [2.45, 2.75) is 117 Å². The van der Waals surface area contributed by atoms with Crippen molar-refractivity contribution in [1.82, 2.24) is 0 Å². The molecule has 22 heavy (non-hydrogen) atoms. The van der Waals surface area contributed by atoms with Crippen molar-refractivity contribution in [3.63, 3.8) is 0 Å². The lowest BCUT2D eigenvalue weighted by molar-refractivity contribution is -0.137. The van der Waals surface area contributed by atoms with Crippen LogP contribution in [0.2, 0.25) is 0 Å². The maximum Gasteiger partial charge on any atom is 0.303 e. The fourth-order valence-electron chi connectivity index (χ4n) is 3.22. The highest BCUT2D eigenvalue weighted by Gasteiger charge is 2.13. The molecule has 1 aliphatic rings. The minimum Gasteiger partial charge on any atom is -0.481 e. The van der Waals surface area contributed by atoms with Gasteiger partial charge in [0.05, 0.1) is 0 Å². The molecule has 2 nitrogen and oxygen atoms in total. The molecule has 0 radical (unpaired) electrons. The third-order valence-corrected chi connectivity index (χ3v) is 4.68. The van der Waals surface area contributed by atoms with Gasteiger partial charge in [0.2, 0.25) is 0 Å². The second-order valence-electron chi connectivity index (χ2n) is 6.91. The Balaban J connectivity index is 0.000000433. The van der Waals surface area contributed by atoms with Crippen LogP contribution in [0, 0.1) is 5.92 Å². The average Bonchev–Trinajstić information content (AvgIpc) is 3.01. The minimum absolute atomic E-state index is 0.333. The van der Waals surface area contributed by atoms with Crippen molar-refractivity contribution in [2.75, 3.05) is 0 Å². The molecule has 0 aromatic carbocycles. The summed E-state index contributed by atoms with van der Waals surface area (Å²) >= 11 is 0. The van der Waals surface area contributed by atoms with E-state index in [1.807, 2.05) is 0 Å². The molecule has 132 valence electrons. The monoisotopic (exact) mass is 312 g/mol. The lowest BCUT2D eigenvalue weighted by Gasteiger charge is -2.07. The molecular formula is C20H40O2. The van der Waals surface area contributed by atoms with Crippen LogP contribution >= 0.6 is 0 Å². The molecule has 1 saturated carbocycles. The van der Waals surface area contributed by atoms with Crippen LogP contribution in [0.5, 0.6) is 0 Å². The van der Waals surface area contributed by atoms with Gasteiger partial charge in [-0.15, -0.1) is 0 Å². The van der Waals surface area contributed by atoms with Crippen molar-refractivity contribution in [3.05, 3.63) is 0 Å². The number of hydrogen-bond donors (Lipinski definition) is 1. The second-order valence-corrected chi connectivity index (χ2v) is 6.91. The molecule has 0 aliphatic heterocycles. The molecule has 0 saturated heterocycles. The number of carboxylic acids is 1. The van der Waals surface area contributed by atoms with E-state index in [9.17, 15) is 4.79 Å². The zero-order valence-corrected chi connectivity index (χ0v) is 15.2. The molecule has 0 unspecified atom stereocenters. The summed E-state index contributed by atoms with van der Waals surface area (Å²) < 4.78 is 0. The van der Waals surface area contributed by atoms with E-state index in [0.29, 0.717) is 6.42 Å². The van der Waals surface area contributed by atoms with E-state index in [0.717, 1.165) is 25.2 Å². The fourth-order valence-corrected chi connectivity index (χ4v) is 3.22. The zero-order chi connectivity index (χ0) is 16.5. The predicted molar refractivity (Wildman–Crippen MR) is 96.3 cm³/mol.